The standard InChI is InChI=1S/C39H67N9O7/c1-24(2)32(36(54)46-29(14-12-22-43-37(41)55)34(52)44-26-17-15-25(3)16-18-26)47-35(53)28(45-31(50)23-40)13-10-11-21-42-30(49)20-19-27(48-39(7,8)9)33(51)38(4,5)6/h15-18,24,27-29,32,48H,10-14,19-23,40H2,1-9H3,(H,42,49)(H,44,52)(H,45,50)(H,46,54)(H,47,53)(H3,41,43,55)/t27-,28+,29+,32+/m1/s1. The molecule has 4 atom stereocenters. The second-order valence-corrected chi connectivity index (χ2v) is 16.3. The van der Waals surface area contributed by atoms with Crippen LogP contribution in [0.3, 0.4) is 0 Å². The Morgan fingerprint density at radius 2 is 1.25 bits per heavy atom. The maximum absolute atomic E-state index is 13.6. The lowest BCUT2D eigenvalue weighted by Crippen LogP contribution is -2.58. The van der Waals surface area contributed by atoms with Gasteiger partial charge < -0.3 is 48.7 Å². The summed E-state index contributed by atoms with van der Waals surface area (Å²) in [7, 11) is 0. The second-order valence-electron chi connectivity index (χ2n) is 16.3. The van der Waals surface area contributed by atoms with Crippen molar-refractivity contribution in [2.24, 2.45) is 22.8 Å². The summed E-state index contributed by atoms with van der Waals surface area (Å²) in [6.45, 7) is 17.0. The van der Waals surface area contributed by atoms with Crippen molar-refractivity contribution in [2.75, 3.05) is 25.0 Å². The normalized spacial score (nSPS) is 13.8. The van der Waals surface area contributed by atoms with Crippen molar-refractivity contribution in [1.29, 1.82) is 0 Å². The third-order valence-electron chi connectivity index (χ3n) is 8.57. The summed E-state index contributed by atoms with van der Waals surface area (Å²) >= 11 is 0. The number of nitrogens with two attached hydrogens (primary N) is 2. The van der Waals surface area contributed by atoms with E-state index < -0.39 is 65.2 Å². The molecule has 16 nitrogen and oxygen atoms in total. The number of benzene rings is 1. The number of urea groups is 1. The Kier molecular flexibility index (Phi) is 20.6. The number of hydrogen-bond acceptors (Lipinski definition) is 9. The molecular weight excluding hydrogens is 706 g/mol. The summed E-state index contributed by atoms with van der Waals surface area (Å²) in [6.07, 6.45) is 2.14. The molecule has 0 saturated carbocycles. The van der Waals surface area contributed by atoms with Crippen molar-refractivity contribution < 1.29 is 33.6 Å². The third-order valence-corrected chi connectivity index (χ3v) is 8.57. The molecule has 16 heteroatoms. The highest BCUT2D eigenvalue weighted by Crippen LogP contribution is 2.21. The molecule has 0 aliphatic rings. The molecule has 1 aromatic rings. The van der Waals surface area contributed by atoms with Crippen LogP contribution < -0.4 is 48.7 Å². The molecule has 1 aromatic carbocycles. The Hall–Kier alpha value is -4.57. The largest absolute Gasteiger partial charge is 0.356 e. The lowest BCUT2D eigenvalue weighted by atomic mass is 9.84. The number of hydrogen-bond donors (Lipinski definition) is 9. The van der Waals surface area contributed by atoms with Gasteiger partial charge in [-0.1, -0.05) is 52.3 Å². The van der Waals surface area contributed by atoms with Gasteiger partial charge in [0.1, 0.15) is 18.1 Å². The zero-order chi connectivity index (χ0) is 41.9. The van der Waals surface area contributed by atoms with Gasteiger partial charge in [-0.05, 0) is 84.3 Å². The Labute approximate surface area is 326 Å². The van der Waals surface area contributed by atoms with Gasteiger partial charge in [0.05, 0.1) is 12.6 Å². The van der Waals surface area contributed by atoms with E-state index >= 15 is 0 Å². The first-order valence-electron chi connectivity index (χ1n) is 19.1. The predicted octanol–water partition coefficient (Wildman–Crippen LogP) is 1.89. The first-order valence-corrected chi connectivity index (χ1v) is 19.1. The summed E-state index contributed by atoms with van der Waals surface area (Å²) in [6, 6.07) is 2.86. The van der Waals surface area contributed by atoms with E-state index in [1.54, 1.807) is 26.0 Å². The van der Waals surface area contributed by atoms with Gasteiger partial charge in [0.25, 0.3) is 0 Å². The summed E-state index contributed by atoms with van der Waals surface area (Å²) in [5.74, 6) is -2.81. The van der Waals surface area contributed by atoms with Gasteiger partial charge in [-0.15, -0.1) is 0 Å². The van der Waals surface area contributed by atoms with E-state index in [9.17, 15) is 33.6 Å². The number of nitrogens with one attached hydrogen (secondary N) is 7. The van der Waals surface area contributed by atoms with E-state index in [2.05, 4.69) is 37.2 Å². The minimum atomic E-state index is -1.07. The number of anilines is 1. The second kappa shape index (κ2) is 23.4. The molecule has 0 radical (unpaired) electrons. The maximum atomic E-state index is 13.6. The lowest BCUT2D eigenvalue weighted by Gasteiger charge is -2.31. The summed E-state index contributed by atoms with van der Waals surface area (Å²) in [5.41, 5.74) is 11.3. The highest BCUT2D eigenvalue weighted by molar-refractivity contribution is 5.99. The molecule has 0 bridgehead atoms. The fourth-order valence-electron chi connectivity index (χ4n) is 5.60. The SMILES string of the molecule is Cc1ccc(NC(=O)[C@H](CCCNC(N)=O)NC(=O)[C@@H](NC(=O)[C@H](CCCCNC(=O)CC[C@@H](NC(C)(C)C)C(=O)C(C)(C)C)NC(=O)CN)C(C)C)cc1. The van der Waals surface area contributed by atoms with E-state index in [1.165, 1.54) is 0 Å². The first-order chi connectivity index (χ1) is 25.5. The summed E-state index contributed by atoms with van der Waals surface area (Å²) < 4.78 is 0. The number of carbonyl (C=O) groups is 7. The molecule has 0 aliphatic carbocycles. The average molecular weight is 774 g/mol. The van der Waals surface area contributed by atoms with Crippen LogP contribution in [0.1, 0.15) is 106 Å². The number of ketones is 1. The van der Waals surface area contributed by atoms with Crippen molar-refractivity contribution >= 4 is 47.0 Å². The molecule has 310 valence electrons. The van der Waals surface area contributed by atoms with Gasteiger partial charge in [-0.2, -0.15) is 0 Å². The summed E-state index contributed by atoms with van der Waals surface area (Å²) in [4.78, 5) is 89.6. The number of primary amides is 1. The quantitative estimate of drug-likeness (QED) is 0.0735. The third kappa shape index (κ3) is 20.1. The zero-order valence-electron chi connectivity index (χ0n) is 34.3. The van der Waals surface area contributed by atoms with Crippen LogP contribution >= 0.6 is 0 Å². The topological polar surface area (TPSA) is 256 Å². The monoisotopic (exact) mass is 774 g/mol. The molecule has 0 fully saturated rings. The van der Waals surface area contributed by atoms with Crippen LogP contribution in [-0.4, -0.2) is 90.7 Å². The van der Waals surface area contributed by atoms with Gasteiger partial charge in [-0.3, -0.25) is 28.8 Å². The lowest BCUT2D eigenvalue weighted by molar-refractivity contribution is -0.134. The van der Waals surface area contributed by atoms with E-state index in [0.29, 0.717) is 37.9 Å². The van der Waals surface area contributed by atoms with Crippen LogP contribution in [0, 0.1) is 18.3 Å². The Balaban J connectivity index is 2.90. The fraction of sp³-hybridized carbons (Fsp3) is 0.667. The Bertz CT molecular complexity index is 1440. The maximum Gasteiger partial charge on any atom is 0.312 e. The van der Waals surface area contributed by atoms with Crippen LogP contribution in [0.5, 0.6) is 0 Å². The van der Waals surface area contributed by atoms with Gasteiger partial charge >= 0.3 is 6.03 Å². The highest BCUT2D eigenvalue weighted by Gasteiger charge is 2.33. The molecular formula is C39H67N9O7. The van der Waals surface area contributed by atoms with E-state index in [4.69, 9.17) is 11.5 Å². The molecule has 0 aromatic heterocycles. The smallest absolute Gasteiger partial charge is 0.312 e. The van der Waals surface area contributed by atoms with Crippen molar-refractivity contribution in [3.05, 3.63) is 29.8 Å². The van der Waals surface area contributed by atoms with Gasteiger partial charge in [0.15, 0.2) is 5.78 Å². The molecule has 1 rings (SSSR count). The van der Waals surface area contributed by atoms with Gasteiger partial charge in [0, 0.05) is 36.2 Å². The minimum absolute atomic E-state index is 0.0364. The highest BCUT2D eigenvalue weighted by atomic mass is 16.2. The van der Waals surface area contributed by atoms with E-state index in [0.717, 1.165) is 5.56 Å². The van der Waals surface area contributed by atoms with Crippen LogP contribution in [0.4, 0.5) is 10.5 Å². The number of aryl methyl sites for hydroxylation is 1. The predicted molar refractivity (Wildman–Crippen MR) is 214 cm³/mol. The first kappa shape index (κ1) is 48.4. The minimum Gasteiger partial charge on any atom is -0.356 e. The number of unbranched alkanes of at least 4 members (excludes halogenated alkanes) is 1. The van der Waals surface area contributed by atoms with Crippen molar-refractivity contribution in [1.82, 2.24) is 31.9 Å². The average Bonchev–Trinajstić information content (AvgIpc) is 3.08. The van der Waals surface area contributed by atoms with Crippen molar-refractivity contribution in [3.8, 4) is 0 Å². The number of rotatable bonds is 23. The fourth-order valence-corrected chi connectivity index (χ4v) is 5.60. The van der Waals surface area contributed by atoms with Crippen LogP contribution in [0.25, 0.3) is 0 Å². The summed E-state index contributed by atoms with van der Waals surface area (Å²) in [5, 5.41) is 19.6. The molecule has 0 saturated heterocycles. The Morgan fingerprint density at radius 3 is 1.80 bits per heavy atom. The van der Waals surface area contributed by atoms with Crippen LogP contribution in [0.2, 0.25) is 0 Å². The molecule has 55 heavy (non-hydrogen) atoms. The van der Waals surface area contributed by atoms with E-state index in [-0.39, 0.29) is 49.6 Å². The van der Waals surface area contributed by atoms with Gasteiger partial charge in [-0.25, -0.2) is 4.79 Å². The molecule has 0 aliphatic heterocycles. The molecule has 0 unspecified atom stereocenters. The van der Waals surface area contributed by atoms with Crippen LogP contribution in [0.15, 0.2) is 24.3 Å². The van der Waals surface area contributed by atoms with Crippen molar-refractivity contribution in [2.45, 2.75) is 137 Å². The zero-order valence-corrected chi connectivity index (χ0v) is 34.3. The molecule has 0 heterocycles. The molecule has 11 N–H and O–H groups in total. The molecule has 7 amide bonds. The molecule has 0 spiro atoms. The van der Waals surface area contributed by atoms with Gasteiger partial charge in [0.2, 0.25) is 29.5 Å². The number of amides is 7. The number of carbonyl (C=O) groups excluding carboxylic acids is 7. The van der Waals surface area contributed by atoms with Crippen LogP contribution in [-0.2, 0) is 28.8 Å². The number of Topliss-reactive ketones (excluding diaryl/α,β-unsaturated/α-hetero) is 1. The Morgan fingerprint density at radius 1 is 0.673 bits per heavy atom. The van der Waals surface area contributed by atoms with E-state index in [1.807, 2.05) is 60.6 Å². The van der Waals surface area contributed by atoms with Crippen molar-refractivity contribution in [3.63, 3.8) is 0 Å².